The van der Waals surface area contributed by atoms with Crippen LogP contribution in [0.25, 0.3) is 110 Å². The van der Waals surface area contributed by atoms with Crippen LogP contribution in [-0.4, -0.2) is 15.0 Å². The first-order valence-corrected chi connectivity index (χ1v) is 22.1. The van der Waals surface area contributed by atoms with Gasteiger partial charge in [0.25, 0.3) is 0 Å². The lowest BCUT2D eigenvalue weighted by Crippen LogP contribution is -2.00. The van der Waals surface area contributed by atoms with E-state index < -0.39 is 0 Å². The van der Waals surface area contributed by atoms with Crippen molar-refractivity contribution in [3.8, 4) is 67.5 Å². The van der Waals surface area contributed by atoms with Crippen molar-refractivity contribution < 1.29 is 4.42 Å². The molecule has 0 spiro atoms. The summed E-state index contributed by atoms with van der Waals surface area (Å²) in [4.78, 5) is 15.9. The average Bonchev–Trinajstić information content (AvgIpc) is 4.03. The number of furan rings is 1. The minimum absolute atomic E-state index is 0.122. The average molecular weight is 822 g/mol. The van der Waals surface area contributed by atoms with Crippen molar-refractivity contribution >= 4 is 53.4 Å². The van der Waals surface area contributed by atoms with Gasteiger partial charge in [-0.2, -0.15) is 0 Å². The summed E-state index contributed by atoms with van der Waals surface area (Å²) in [6.45, 7) is 0. The summed E-state index contributed by atoms with van der Waals surface area (Å²) in [7, 11) is 0. The van der Waals surface area contributed by atoms with Crippen LogP contribution >= 0.6 is 11.3 Å². The molecular formula is C58H35N3OS. The fourth-order valence-corrected chi connectivity index (χ4v) is 10.8. The monoisotopic (exact) mass is 821 g/mol. The zero-order valence-electron chi connectivity index (χ0n) is 33.9. The summed E-state index contributed by atoms with van der Waals surface area (Å²) >= 11 is 1.78. The smallest absolute Gasteiger partial charge is 0.167 e. The first-order chi connectivity index (χ1) is 31.2. The fourth-order valence-electron chi connectivity index (χ4n) is 9.67. The van der Waals surface area contributed by atoms with Gasteiger partial charge in [0.1, 0.15) is 11.2 Å². The summed E-state index contributed by atoms with van der Waals surface area (Å²) in [6, 6.07) is 73.3. The predicted molar refractivity (Wildman–Crippen MR) is 260 cm³/mol. The van der Waals surface area contributed by atoms with E-state index in [4.69, 9.17) is 19.4 Å². The van der Waals surface area contributed by atoms with Crippen LogP contribution in [0.15, 0.2) is 211 Å². The molecule has 0 fully saturated rings. The molecule has 0 radical (unpaired) electrons. The Morgan fingerprint density at radius 1 is 0.365 bits per heavy atom. The van der Waals surface area contributed by atoms with Crippen LogP contribution in [-0.2, 0) is 0 Å². The van der Waals surface area contributed by atoms with Crippen LogP contribution in [0.5, 0.6) is 0 Å². The largest absolute Gasteiger partial charge is 0.455 e. The van der Waals surface area contributed by atoms with Crippen LogP contribution in [0.4, 0.5) is 0 Å². The molecule has 0 atom stereocenters. The third-order valence-electron chi connectivity index (χ3n) is 12.6. The normalized spacial score (nSPS) is 12.4. The second-order valence-electron chi connectivity index (χ2n) is 16.3. The lowest BCUT2D eigenvalue weighted by atomic mass is 9.89. The molecule has 3 heterocycles. The van der Waals surface area contributed by atoms with E-state index in [2.05, 4.69) is 188 Å². The van der Waals surface area contributed by atoms with Crippen LogP contribution < -0.4 is 0 Å². The molecule has 9 aromatic carbocycles. The first-order valence-electron chi connectivity index (χ1n) is 21.3. The Bertz CT molecular complexity index is 3700. The van der Waals surface area contributed by atoms with E-state index in [0.717, 1.165) is 54.5 Å². The van der Waals surface area contributed by atoms with Crippen molar-refractivity contribution in [2.24, 2.45) is 0 Å². The zero-order valence-corrected chi connectivity index (χ0v) is 34.7. The third kappa shape index (κ3) is 5.85. The van der Waals surface area contributed by atoms with Crippen LogP contribution in [0, 0.1) is 0 Å². The van der Waals surface area contributed by atoms with E-state index in [-0.39, 0.29) is 5.92 Å². The highest BCUT2D eigenvalue weighted by molar-refractivity contribution is 7.26. The molecule has 5 heteroatoms. The van der Waals surface area contributed by atoms with Crippen molar-refractivity contribution in [1.29, 1.82) is 0 Å². The highest BCUT2D eigenvalue weighted by atomic mass is 32.1. The summed E-state index contributed by atoms with van der Waals surface area (Å²) in [5.74, 6) is 1.91. The molecule has 0 saturated heterocycles. The zero-order chi connectivity index (χ0) is 41.4. The maximum Gasteiger partial charge on any atom is 0.167 e. The van der Waals surface area contributed by atoms with E-state index in [1.807, 2.05) is 18.2 Å². The molecule has 63 heavy (non-hydrogen) atoms. The summed E-state index contributed by atoms with van der Waals surface area (Å²) in [6.07, 6.45) is 0. The Balaban J connectivity index is 1.02. The second-order valence-corrected chi connectivity index (χ2v) is 17.3. The van der Waals surface area contributed by atoms with Crippen molar-refractivity contribution in [3.05, 3.63) is 223 Å². The van der Waals surface area contributed by atoms with Crippen molar-refractivity contribution in [3.63, 3.8) is 0 Å². The lowest BCUT2D eigenvalue weighted by molar-refractivity contribution is 0.668. The Kier molecular flexibility index (Phi) is 8.11. The van der Waals surface area contributed by atoms with E-state index in [1.165, 1.54) is 54.4 Å². The summed E-state index contributed by atoms with van der Waals surface area (Å²) < 4.78 is 9.29. The molecule has 0 amide bonds. The molecule has 0 unspecified atom stereocenters. The molecule has 1 aliphatic carbocycles. The van der Waals surface area contributed by atoms with E-state index >= 15 is 0 Å². The molecule has 3 aromatic heterocycles. The number of rotatable bonds is 6. The summed E-state index contributed by atoms with van der Waals surface area (Å²) in [5.41, 5.74) is 15.4. The molecule has 4 nitrogen and oxygen atoms in total. The van der Waals surface area contributed by atoms with E-state index in [0.29, 0.717) is 17.5 Å². The molecule has 13 rings (SSSR count). The van der Waals surface area contributed by atoms with E-state index in [9.17, 15) is 0 Å². The Morgan fingerprint density at radius 2 is 0.952 bits per heavy atom. The van der Waals surface area contributed by atoms with Gasteiger partial charge in [0.2, 0.25) is 0 Å². The standard InChI is InChI=1S/C58H35N3OS/c1-4-15-35(16-5-1)38-28-30-52-48(31-38)49-32-40(36-17-6-2-7-18-36)33-50(55(49)63-52)58-60-56(37-19-8-3-9-20-37)59-57(61-58)47-26-14-25-46-43-29-27-39(34-51(43)62-54(46)47)53-44-23-12-10-21-41(44)42-22-11-13-24-45(42)53/h1-34,53H. The number of fused-ring (bicyclic) bond motifs is 9. The molecule has 294 valence electrons. The van der Waals surface area contributed by atoms with Crippen LogP contribution in [0.3, 0.4) is 0 Å². The second kappa shape index (κ2) is 14.3. The molecule has 0 bridgehead atoms. The SMILES string of the molecule is c1ccc(-c2ccc3sc4c(-c5nc(-c6ccccc6)nc(-c6cccc7c6oc6cc(C8c9ccccc9-c9ccccc98)ccc67)n5)cc(-c5ccccc5)cc4c3c2)cc1. The molecule has 0 aliphatic heterocycles. The minimum atomic E-state index is 0.122. The van der Waals surface area contributed by atoms with Gasteiger partial charge in [0, 0.05) is 48.0 Å². The minimum Gasteiger partial charge on any atom is -0.455 e. The van der Waals surface area contributed by atoms with Gasteiger partial charge in [-0.15, -0.1) is 11.3 Å². The predicted octanol–water partition coefficient (Wildman–Crippen LogP) is 15.6. The number of hydrogen-bond acceptors (Lipinski definition) is 5. The van der Waals surface area contributed by atoms with Gasteiger partial charge >= 0.3 is 0 Å². The fraction of sp³-hybridized carbons (Fsp3) is 0.0172. The lowest BCUT2D eigenvalue weighted by Gasteiger charge is -2.14. The van der Waals surface area contributed by atoms with Crippen LogP contribution in [0.1, 0.15) is 22.6 Å². The third-order valence-corrected chi connectivity index (χ3v) is 13.8. The van der Waals surface area contributed by atoms with Crippen molar-refractivity contribution in [2.75, 3.05) is 0 Å². The van der Waals surface area contributed by atoms with Gasteiger partial charge in [-0.1, -0.05) is 170 Å². The first kappa shape index (κ1) is 35.7. The van der Waals surface area contributed by atoms with Crippen LogP contribution in [0.2, 0.25) is 0 Å². The van der Waals surface area contributed by atoms with Gasteiger partial charge < -0.3 is 4.42 Å². The number of aromatic nitrogens is 3. The highest BCUT2D eigenvalue weighted by Crippen LogP contribution is 2.49. The van der Waals surface area contributed by atoms with Crippen molar-refractivity contribution in [1.82, 2.24) is 15.0 Å². The van der Waals surface area contributed by atoms with Gasteiger partial charge in [-0.3, -0.25) is 0 Å². The van der Waals surface area contributed by atoms with Crippen molar-refractivity contribution in [2.45, 2.75) is 5.92 Å². The maximum atomic E-state index is 6.94. The number of para-hydroxylation sites is 1. The van der Waals surface area contributed by atoms with Gasteiger partial charge in [-0.05, 0) is 86.5 Å². The number of benzene rings is 9. The molecular weight excluding hydrogens is 787 g/mol. The quantitative estimate of drug-likeness (QED) is 0.168. The topological polar surface area (TPSA) is 51.8 Å². The number of hydrogen-bond donors (Lipinski definition) is 0. The van der Waals surface area contributed by atoms with Gasteiger partial charge in [-0.25, -0.2) is 15.0 Å². The Morgan fingerprint density at radius 3 is 1.67 bits per heavy atom. The van der Waals surface area contributed by atoms with Gasteiger partial charge in [0.15, 0.2) is 17.5 Å². The number of nitrogens with zero attached hydrogens (tertiary/aromatic N) is 3. The molecule has 0 N–H and O–H groups in total. The molecule has 1 aliphatic rings. The highest BCUT2D eigenvalue weighted by Gasteiger charge is 2.30. The van der Waals surface area contributed by atoms with E-state index in [1.54, 1.807) is 11.3 Å². The summed E-state index contributed by atoms with van der Waals surface area (Å²) in [5, 5.41) is 4.47. The van der Waals surface area contributed by atoms with Gasteiger partial charge in [0.05, 0.1) is 5.56 Å². The molecule has 12 aromatic rings. The number of thiophene rings is 1. The Labute approximate surface area is 367 Å². The Hall–Kier alpha value is -7.99. The maximum absolute atomic E-state index is 6.94. The molecule has 0 saturated carbocycles.